The first-order chi connectivity index (χ1) is 16.8. The molecule has 0 unspecified atom stereocenters. The van der Waals surface area contributed by atoms with Crippen molar-refractivity contribution in [2.45, 2.75) is 13.5 Å². The SMILES string of the molecule is CCOc1ccc(C(=O)N/N=C/c2cc(Br)c(OCc3ccc([N+](=O)[O-])cc3)c(Br)c2)cc1OC. The summed E-state index contributed by atoms with van der Waals surface area (Å²) in [6.07, 6.45) is 1.50. The number of ether oxygens (including phenoxy) is 3. The van der Waals surface area contributed by atoms with E-state index in [9.17, 15) is 14.9 Å². The first-order valence-corrected chi connectivity index (χ1v) is 11.9. The molecule has 0 heterocycles. The molecule has 0 fully saturated rings. The van der Waals surface area contributed by atoms with E-state index in [4.69, 9.17) is 14.2 Å². The molecule has 0 aliphatic carbocycles. The van der Waals surface area contributed by atoms with Crippen LogP contribution in [-0.4, -0.2) is 30.8 Å². The lowest BCUT2D eigenvalue weighted by molar-refractivity contribution is -0.384. The number of hydrazone groups is 1. The van der Waals surface area contributed by atoms with Crippen LogP contribution in [0.2, 0.25) is 0 Å². The number of amides is 1. The van der Waals surface area contributed by atoms with Gasteiger partial charge in [0.1, 0.15) is 12.4 Å². The third kappa shape index (κ3) is 7.03. The molecule has 0 bridgehead atoms. The number of carbonyl (C=O) groups is 1. The van der Waals surface area contributed by atoms with Crippen LogP contribution >= 0.6 is 31.9 Å². The molecule has 3 rings (SSSR count). The van der Waals surface area contributed by atoms with Gasteiger partial charge in [0.15, 0.2) is 11.5 Å². The number of rotatable bonds is 10. The van der Waals surface area contributed by atoms with Crippen LogP contribution in [0.3, 0.4) is 0 Å². The molecule has 0 aliphatic rings. The highest BCUT2D eigenvalue weighted by molar-refractivity contribution is 9.11. The molecule has 0 saturated heterocycles. The number of halogens is 2. The maximum atomic E-state index is 12.4. The van der Waals surface area contributed by atoms with Crippen molar-refractivity contribution in [3.05, 3.63) is 90.3 Å². The van der Waals surface area contributed by atoms with Gasteiger partial charge in [-0.15, -0.1) is 0 Å². The molecular formula is C24H21Br2N3O6. The number of nitro benzene ring substituents is 1. The predicted octanol–water partition coefficient (Wildman–Crippen LogP) is 5.87. The smallest absolute Gasteiger partial charge is 0.271 e. The Morgan fingerprint density at radius 3 is 2.34 bits per heavy atom. The highest BCUT2D eigenvalue weighted by atomic mass is 79.9. The Balaban J connectivity index is 1.63. The van der Waals surface area contributed by atoms with E-state index in [-0.39, 0.29) is 12.3 Å². The summed E-state index contributed by atoms with van der Waals surface area (Å²) in [7, 11) is 1.51. The van der Waals surface area contributed by atoms with Crippen LogP contribution in [0.15, 0.2) is 68.6 Å². The Hall–Kier alpha value is -3.44. The van der Waals surface area contributed by atoms with E-state index < -0.39 is 10.8 Å². The molecule has 0 saturated carbocycles. The minimum absolute atomic E-state index is 0.0218. The number of methoxy groups -OCH3 is 1. The normalized spacial score (nSPS) is 10.7. The van der Waals surface area contributed by atoms with Crippen molar-refractivity contribution in [1.29, 1.82) is 0 Å². The molecule has 0 radical (unpaired) electrons. The van der Waals surface area contributed by atoms with E-state index in [0.29, 0.717) is 43.9 Å². The van der Waals surface area contributed by atoms with Gasteiger partial charge in [0.25, 0.3) is 11.6 Å². The van der Waals surface area contributed by atoms with Crippen molar-refractivity contribution >= 4 is 49.7 Å². The fraction of sp³-hybridized carbons (Fsp3) is 0.167. The standard InChI is InChI=1S/C24H21Br2N3O6/c1-3-34-21-9-6-17(12-22(21)33-2)24(30)28-27-13-16-10-19(25)23(20(26)11-16)35-14-15-4-7-18(8-5-15)29(31)32/h4-13H,3,14H2,1-2H3,(H,28,30)/b27-13+. The number of nitrogens with one attached hydrogen (secondary N) is 1. The van der Waals surface area contributed by atoms with Gasteiger partial charge >= 0.3 is 0 Å². The van der Waals surface area contributed by atoms with Gasteiger partial charge in [-0.2, -0.15) is 5.10 Å². The monoisotopic (exact) mass is 605 g/mol. The van der Waals surface area contributed by atoms with E-state index in [2.05, 4.69) is 42.4 Å². The van der Waals surface area contributed by atoms with Gasteiger partial charge in [-0.05, 0) is 92.4 Å². The second kappa shape index (κ2) is 12.3. The van der Waals surface area contributed by atoms with Crippen molar-refractivity contribution in [3.63, 3.8) is 0 Å². The number of carbonyl (C=O) groups excluding carboxylic acids is 1. The Morgan fingerprint density at radius 2 is 1.74 bits per heavy atom. The zero-order valence-electron chi connectivity index (χ0n) is 18.8. The molecule has 9 nitrogen and oxygen atoms in total. The van der Waals surface area contributed by atoms with Crippen LogP contribution in [0, 0.1) is 10.1 Å². The van der Waals surface area contributed by atoms with Crippen LogP contribution in [0.25, 0.3) is 0 Å². The summed E-state index contributed by atoms with van der Waals surface area (Å²) in [5.74, 6) is 1.18. The minimum Gasteiger partial charge on any atom is -0.493 e. The van der Waals surface area contributed by atoms with Crippen LogP contribution in [0.5, 0.6) is 17.2 Å². The summed E-state index contributed by atoms with van der Waals surface area (Å²) < 4.78 is 17.9. The average molecular weight is 607 g/mol. The van der Waals surface area contributed by atoms with Gasteiger partial charge in [0, 0.05) is 17.7 Å². The first-order valence-electron chi connectivity index (χ1n) is 10.3. The second-order valence-electron chi connectivity index (χ2n) is 7.02. The number of nitrogens with zero attached hydrogens (tertiary/aromatic N) is 2. The summed E-state index contributed by atoms with van der Waals surface area (Å²) in [4.78, 5) is 22.8. The van der Waals surface area contributed by atoms with Gasteiger partial charge in [-0.1, -0.05) is 0 Å². The van der Waals surface area contributed by atoms with E-state index in [0.717, 1.165) is 5.56 Å². The van der Waals surface area contributed by atoms with E-state index in [1.54, 1.807) is 42.5 Å². The number of nitro groups is 1. The molecule has 35 heavy (non-hydrogen) atoms. The maximum Gasteiger partial charge on any atom is 0.271 e. The Bertz CT molecular complexity index is 1230. The van der Waals surface area contributed by atoms with E-state index in [1.165, 1.54) is 25.5 Å². The van der Waals surface area contributed by atoms with Crippen molar-refractivity contribution in [2.24, 2.45) is 5.10 Å². The fourth-order valence-electron chi connectivity index (χ4n) is 2.97. The largest absolute Gasteiger partial charge is 0.493 e. The molecule has 0 spiro atoms. The summed E-state index contributed by atoms with van der Waals surface area (Å²) in [6, 6.07) is 14.6. The Morgan fingerprint density at radius 1 is 1.06 bits per heavy atom. The molecule has 3 aromatic carbocycles. The number of hydrogen-bond acceptors (Lipinski definition) is 7. The molecule has 0 aromatic heterocycles. The van der Waals surface area contributed by atoms with Crippen molar-refractivity contribution in [3.8, 4) is 17.2 Å². The molecule has 0 aliphatic heterocycles. The highest BCUT2D eigenvalue weighted by Crippen LogP contribution is 2.35. The summed E-state index contributed by atoms with van der Waals surface area (Å²) in [5, 5.41) is 14.8. The lowest BCUT2D eigenvalue weighted by Crippen LogP contribution is -2.17. The number of non-ortho nitro benzene ring substituents is 1. The molecular weight excluding hydrogens is 586 g/mol. The third-order valence-electron chi connectivity index (χ3n) is 4.66. The highest BCUT2D eigenvalue weighted by Gasteiger charge is 2.12. The summed E-state index contributed by atoms with van der Waals surface area (Å²) >= 11 is 6.95. The molecule has 1 N–H and O–H groups in total. The lowest BCUT2D eigenvalue weighted by Gasteiger charge is -2.11. The molecule has 0 atom stereocenters. The Labute approximate surface area is 218 Å². The van der Waals surface area contributed by atoms with Crippen molar-refractivity contribution in [1.82, 2.24) is 5.43 Å². The first kappa shape index (κ1) is 26.2. The fourth-order valence-corrected chi connectivity index (χ4v) is 4.43. The van der Waals surface area contributed by atoms with Gasteiger partial charge in [-0.3, -0.25) is 14.9 Å². The van der Waals surface area contributed by atoms with Crippen LogP contribution in [0.4, 0.5) is 5.69 Å². The van der Waals surface area contributed by atoms with E-state index >= 15 is 0 Å². The molecule has 11 heteroatoms. The van der Waals surface area contributed by atoms with Gasteiger partial charge in [0.05, 0.1) is 33.8 Å². The van der Waals surface area contributed by atoms with E-state index in [1.807, 2.05) is 6.92 Å². The predicted molar refractivity (Wildman–Crippen MR) is 138 cm³/mol. The van der Waals surface area contributed by atoms with Crippen LogP contribution in [-0.2, 0) is 6.61 Å². The van der Waals surface area contributed by atoms with Gasteiger partial charge in [-0.25, -0.2) is 5.43 Å². The van der Waals surface area contributed by atoms with Crippen molar-refractivity contribution < 1.29 is 23.9 Å². The maximum absolute atomic E-state index is 12.4. The zero-order chi connectivity index (χ0) is 25.4. The zero-order valence-corrected chi connectivity index (χ0v) is 22.0. The molecule has 182 valence electrons. The quantitative estimate of drug-likeness (QED) is 0.175. The molecule has 1 amide bonds. The van der Waals surface area contributed by atoms with Crippen LogP contribution < -0.4 is 19.6 Å². The third-order valence-corrected chi connectivity index (χ3v) is 5.83. The Kier molecular flexibility index (Phi) is 9.21. The molecule has 3 aromatic rings. The number of hydrogen-bond donors (Lipinski definition) is 1. The number of benzene rings is 3. The van der Waals surface area contributed by atoms with Crippen LogP contribution in [0.1, 0.15) is 28.4 Å². The van der Waals surface area contributed by atoms with Gasteiger partial charge in [0.2, 0.25) is 0 Å². The summed E-state index contributed by atoms with van der Waals surface area (Å²) in [5.41, 5.74) is 4.37. The topological polar surface area (TPSA) is 112 Å². The second-order valence-corrected chi connectivity index (χ2v) is 8.73. The average Bonchev–Trinajstić information content (AvgIpc) is 2.84. The minimum atomic E-state index is -0.449. The summed E-state index contributed by atoms with van der Waals surface area (Å²) in [6.45, 7) is 2.57. The van der Waals surface area contributed by atoms with Crippen molar-refractivity contribution in [2.75, 3.05) is 13.7 Å². The van der Waals surface area contributed by atoms with Gasteiger partial charge < -0.3 is 14.2 Å². The lowest BCUT2D eigenvalue weighted by atomic mass is 10.2.